The molecule has 0 spiro atoms. The van der Waals surface area contributed by atoms with Crippen molar-refractivity contribution in [2.75, 3.05) is 0 Å². The predicted octanol–water partition coefficient (Wildman–Crippen LogP) is 6.16. The van der Waals surface area contributed by atoms with Crippen molar-refractivity contribution in [1.29, 1.82) is 0 Å². The van der Waals surface area contributed by atoms with Crippen LogP contribution < -0.4 is 10.2 Å². The van der Waals surface area contributed by atoms with Crippen LogP contribution in [0.2, 0.25) is 0 Å². The second kappa shape index (κ2) is 9.42. The third kappa shape index (κ3) is 5.07. The number of ether oxygens (including phenoxy) is 1. The molecule has 5 aromatic rings. The summed E-state index contributed by atoms with van der Waals surface area (Å²) in [6.07, 6.45) is -4.76. The minimum atomic E-state index is -4.76. The average molecular weight is 527 g/mol. The first-order valence-corrected chi connectivity index (χ1v) is 10.7. The molecule has 13 heteroatoms. The Morgan fingerprint density at radius 2 is 1.74 bits per heavy atom. The molecule has 38 heavy (non-hydrogen) atoms. The van der Waals surface area contributed by atoms with Crippen molar-refractivity contribution < 1.29 is 36.2 Å². The average Bonchev–Trinajstić information content (AvgIpc) is 3.36. The first-order chi connectivity index (χ1) is 18.1. The summed E-state index contributed by atoms with van der Waals surface area (Å²) in [5.74, 6) is -1.04. The molecule has 0 aliphatic heterocycles. The van der Waals surface area contributed by atoms with E-state index < -0.39 is 22.5 Å². The number of fused-ring (bicyclic) bond motifs is 1. The van der Waals surface area contributed by atoms with E-state index in [1.165, 1.54) is 48.5 Å². The van der Waals surface area contributed by atoms with Crippen LogP contribution in [0.5, 0.6) is 5.75 Å². The molecule has 2 aromatic heterocycles. The zero-order valence-electron chi connectivity index (χ0n) is 18.9. The van der Waals surface area contributed by atoms with Crippen molar-refractivity contribution in [3.8, 4) is 28.5 Å². The number of nitro benzene ring substituents is 1. The fraction of sp³-hybridized carbons (Fsp3) is 0.0800. The molecule has 0 unspecified atom stereocenters. The SMILES string of the molecule is O=c1cc(-c2ccc([N+](=O)[O-])cc2)oc2cc(OCc3noc(-c4cc(F)cc(C(F)(F)F)c4)n3)ccc12. The Morgan fingerprint density at radius 1 is 0.974 bits per heavy atom. The summed E-state index contributed by atoms with van der Waals surface area (Å²) in [6.45, 7) is -0.261. The second-order valence-electron chi connectivity index (χ2n) is 7.97. The Kier molecular flexibility index (Phi) is 6.11. The maximum atomic E-state index is 13.7. The largest absolute Gasteiger partial charge is 0.485 e. The molecule has 2 heterocycles. The maximum absolute atomic E-state index is 13.7. The van der Waals surface area contributed by atoms with Gasteiger partial charge in [-0.05, 0) is 42.5 Å². The molecule has 3 aromatic carbocycles. The Hall–Kier alpha value is -5.07. The first kappa shape index (κ1) is 24.6. The molecule has 0 radical (unpaired) electrons. The van der Waals surface area contributed by atoms with Crippen LogP contribution in [0, 0.1) is 15.9 Å². The molecule has 0 aliphatic rings. The molecule has 0 N–H and O–H groups in total. The molecule has 0 saturated carbocycles. The van der Waals surface area contributed by atoms with Crippen molar-refractivity contribution in [1.82, 2.24) is 10.1 Å². The molecule has 192 valence electrons. The highest BCUT2D eigenvalue weighted by molar-refractivity contribution is 5.80. The molecular formula is C25H13F4N3O6. The van der Waals surface area contributed by atoms with Crippen LogP contribution in [0.4, 0.5) is 23.2 Å². The van der Waals surface area contributed by atoms with Crippen LogP contribution in [-0.2, 0) is 12.8 Å². The lowest BCUT2D eigenvalue weighted by Crippen LogP contribution is -2.05. The standard InChI is InChI=1S/C25H13F4N3O6/c26-16-8-14(7-15(9-16)25(27,28)29)24-30-23(31-38-24)12-36-18-5-6-19-20(33)11-21(37-22(19)10-18)13-1-3-17(4-2-13)32(34)35/h1-11H,12H2. The fourth-order valence-electron chi connectivity index (χ4n) is 3.57. The van der Waals surface area contributed by atoms with E-state index in [9.17, 15) is 32.5 Å². The van der Waals surface area contributed by atoms with E-state index in [4.69, 9.17) is 13.7 Å². The second-order valence-corrected chi connectivity index (χ2v) is 7.97. The number of non-ortho nitro benzene ring substituents is 1. The lowest BCUT2D eigenvalue weighted by atomic mass is 10.1. The van der Waals surface area contributed by atoms with Gasteiger partial charge in [0, 0.05) is 35.4 Å². The Labute approximate surface area is 209 Å². The van der Waals surface area contributed by atoms with Gasteiger partial charge in [-0.25, -0.2) is 4.39 Å². The number of hydrogen-bond acceptors (Lipinski definition) is 8. The van der Waals surface area contributed by atoms with E-state index in [1.807, 2.05) is 0 Å². The smallest absolute Gasteiger partial charge is 0.416 e. The van der Waals surface area contributed by atoms with Crippen LogP contribution >= 0.6 is 0 Å². The van der Waals surface area contributed by atoms with Gasteiger partial charge in [0.25, 0.3) is 11.6 Å². The molecule has 0 aliphatic carbocycles. The van der Waals surface area contributed by atoms with Crippen molar-refractivity contribution >= 4 is 16.7 Å². The van der Waals surface area contributed by atoms with E-state index in [-0.39, 0.29) is 57.5 Å². The van der Waals surface area contributed by atoms with Crippen LogP contribution in [0.25, 0.3) is 33.7 Å². The highest BCUT2D eigenvalue weighted by Crippen LogP contribution is 2.33. The highest BCUT2D eigenvalue weighted by Gasteiger charge is 2.32. The van der Waals surface area contributed by atoms with Gasteiger partial charge < -0.3 is 13.7 Å². The van der Waals surface area contributed by atoms with Crippen LogP contribution in [0.15, 0.2) is 80.5 Å². The number of benzene rings is 3. The Balaban J connectivity index is 1.36. The lowest BCUT2D eigenvalue weighted by Gasteiger charge is -2.07. The summed E-state index contributed by atoms with van der Waals surface area (Å²) in [6, 6.07) is 13.0. The van der Waals surface area contributed by atoms with Crippen LogP contribution in [0.1, 0.15) is 11.4 Å². The lowest BCUT2D eigenvalue weighted by molar-refractivity contribution is -0.384. The van der Waals surface area contributed by atoms with Gasteiger partial charge in [0.05, 0.1) is 15.9 Å². The number of nitro groups is 1. The minimum absolute atomic E-state index is 0.0287. The molecule has 0 atom stereocenters. The van der Waals surface area contributed by atoms with E-state index in [1.54, 1.807) is 0 Å². The van der Waals surface area contributed by atoms with Gasteiger partial charge in [-0.2, -0.15) is 18.2 Å². The van der Waals surface area contributed by atoms with Gasteiger partial charge in [0.2, 0.25) is 5.82 Å². The first-order valence-electron chi connectivity index (χ1n) is 10.7. The number of nitrogens with zero attached hydrogens (tertiary/aromatic N) is 3. The summed E-state index contributed by atoms with van der Waals surface area (Å²) in [5.41, 5.74) is -1.28. The van der Waals surface area contributed by atoms with E-state index in [2.05, 4.69) is 10.1 Å². The van der Waals surface area contributed by atoms with Gasteiger partial charge in [-0.15, -0.1) is 0 Å². The fourth-order valence-corrected chi connectivity index (χ4v) is 3.57. The van der Waals surface area contributed by atoms with Gasteiger partial charge >= 0.3 is 6.18 Å². The quantitative estimate of drug-likeness (QED) is 0.146. The van der Waals surface area contributed by atoms with E-state index in [0.29, 0.717) is 17.7 Å². The number of alkyl halides is 3. The Morgan fingerprint density at radius 3 is 2.45 bits per heavy atom. The maximum Gasteiger partial charge on any atom is 0.416 e. The number of hydrogen-bond donors (Lipinski definition) is 0. The van der Waals surface area contributed by atoms with Gasteiger partial charge in [0.1, 0.15) is 22.9 Å². The zero-order chi connectivity index (χ0) is 27.0. The summed E-state index contributed by atoms with van der Waals surface area (Å²) in [7, 11) is 0. The molecule has 5 rings (SSSR count). The number of halogens is 4. The van der Waals surface area contributed by atoms with Crippen molar-refractivity contribution in [2.24, 2.45) is 0 Å². The molecule has 0 bridgehead atoms. The van der Waals surface area contributed by atoms with Gasteiger partial charge in [-0.1, -0.05) is 5.16 Å². The van der Waals surface area contributed by atoms with Gasteiger partial charge in [-0.3, -0.25) is 14.9 Å². The minimum Gasteiger partial charge on any atom is -0.485 e. The predicted molar refractivity (Wildman–Crippen MR) is 124 cm³/mol. The van der Waals surface area contributed by atoms with Crippen LogP contribution in [0.3, 0.4) is 0 Å². The molecule has 9 nitrogen and oxygen atoms in total. The monoisotopic (exact) mass is 527 g/mol. The normalized spacial score (nSPS) is 11.6. The highest BCUT2D eigenvalue weighted by atomic mass is 19.4. The number of aromatic nitrogens is 2. The van der Waals surface area contributed by atoms with Gasteiger partial charge in [0.15, 0.2) is 12.0 Å². The molecular weight excluding hydrogens is 514 g/mol. The summed E-state index contributed by atoms with van der Waals surface area (Å²) < 4.78 is 69.0. The Bertz CT molecular complexity index is 1730. The van der Waals surface area contributed by atoms with E-state index >= 15 is 0 Å². The summed E-state index contributed by atoms with van der Waals surface area (Å²) in [5, 5.41) is 14.8. The topological polar surface area (TPSA) is 122 Å². The van der Waals surface area contributed by atoms with Crippen molar-refractivity contribution in [3.63, 3.8) is 0 Å². The molecule has 0 amide bonds. The third-order valence-corrected chi connectivity index (χ3v) is 5.37. The van der Waals surface area contributed by atoms with Crippen molar-refractivity contribution in [3.05, 3.63) is 104 Å². The molecule has 0 fully saturated rings. The summed E-state index contributed by atoms with van der Waals surface area (Å²) in [4.78, 5) is 26.8. The summed E-state index contributed by atoms with van der Waals surface area (Å²) >= 11 is 0. The van der Waals surface area contributed by atoms with Crippen molar-refractivity contribution in [2.45, 2.75) is 12.8 Å². The third-order valence-electron chi connectivity index (χ3n) is 5.37. The van der Waals surface area contributed by atoms with Crippen LogP contribution in [-0.4, -0.2) is 15.1 Å². The molecule has 0 saturated heterocycles. The zero-order valence-corrected chi connectivity index (χ0v) is 18.9. The number of rotatable bonds is 6. The van der Waals surface area contributed by atoms with E-state index in [0.717, 1.165) is 6.07 Å².